The fourth-order valence-corrected chi connectivity index (χ4v) is 3.38. The summed E-state index contributed by atoms with van der Waals surface area (Å²) in [6.45, 7) is 4.63. The van der Waals surface area contributed by atoms with E-state index in [0.717, 1.165) is 60.9 Å². The van der Waals surface area contributed by atoms with Gasteiger partial charge in [0.05, 0.1) is 12.2 Å². The predicted molar refractivity (Wildman–Crippen MR) is 107 cm³/mol. The van der Waals surface area contributed by atoms with Crippen molar-refractivity contribution in [2.75, 3.05) is 13.1 Å². The van der Waals surface area contributed by atoms with Gasteiger partial charge in [0.15, 0.2) is 0 Å². The van der Waals surface area contributed by atoms with E-state index in [1.165, 1.54) is 17.7 Å². The highest BCUT2D eigenvalue weighted by atomic mass is 19.4. The number of furan rings is 1. The number of aliphatic carboxylic acids is 1. The van der Waals surface area contributed by atoms with E-state index >= 15 is 0 Å². The van der Waals surface area contributed by atoms with Gasteiger partial charge in [-0.15, -0.1) is 0 Å². The quantitative estimate of drug-likeness (QED) is 0.594. The molecule has 0 radical (unpaired) electrons. The van der Waals surface area contributed by atoms with Crippen LogP contribution in [0.1, 0.15) is 22.8 Å². The summed E-state index contributed by atoms with van der Waals surface area (Å²) >= 11 is 0. The molecule has 6 nitrogen and oxygen atoms in total. The van der Waals surface area contributed by atoms with Crippen LogP contribution in [0.15, 0.2) is 47.1 Å². The summed E-state index contributed by atoms with van der Waals surface area (Å²) < 4.78 is 50.7. The van der Waals surface area contributed by atoms with Gasteiger partial charge in [-0.1, -0.05) is 0 Å². The van der Waals surface area contributed by atoms with Gasteiger partial charge >= 0.3 is 12.1 Å². The van der Waals surface area contributed by atoms with Crippen molar-refractivity contribution in [3.8, 4) is 11.3 Å². The Morgan fingerprint density at radius 3 is 2.34 bits per heavy atom. The van der Waals surface area contributed by atoms with Gasteiger partial charge in [-0.2, -0.15) is 13.2 Å². The maximum atomic E-state index is 13.2. The fraction of sp³-hybridized carbons (Fsp3) is 0.318. The minimum Gasteiger partial charge on any atom is -0.475 e. The first-order valence-electron chi connectivity index (χ1n) is 9.80. The van der Waals surface area contributed by atoms with Gasteiger partial charge in [-0.05, 0) is 49.7 Å². The van der Waals surface area contributed by atoms with E-state index in [0.29, 0.717) is 0 Å². The first-order chi connectivity index (χ1) is 15.1. The summed E-state index contributed by atoms with van der Waals surface area (Å²) in [4.78, 5) is 20.2. The van der Waals surface area contributed by atoms with Crippen LogP contribution in [0.4, 0.5) is 17.6 Å². The smallest absolute Gasteiger partial charge is 0.475 e. The number of carbonyl (C=O) groups is 1. The zero-order valence-corrected chi connectivity index (χ0v) is 17.2. The predicted octanol–water partition coefficient (Wildman–Crippen LogP) is 4.42. The number of fused-ring (bicyclic) bond motifs is 1. The minimum atomic E-state index is -5.08. The molecule has 3 aromatic rings. The first kappa shape index (κ1) is 23.4. The lowest BCUT2D eigenvalue weighted by Crippen LogP contribution is -2.25. The number of benzene rings is 1. The molecule has 0 aliphatic carbocycles. The normalized spacial score (nSPS) is 14.2. The van der Waals surface area contributed by atoms with Gasteiger partial charge in [-0.3, -0.25) is 4.90 Å². The Hall–Kier alpha value is -3.27. The monoisotopic (exact) mass is 451 g/mol. The molecular weight excluding hydrogens is 430 g/mol. The average Bonchev–Trinajstić information content (AvgIpc) is 3.03. The van der Waals surface area contributed by atoms with E-state index < -0.39 is 12.1 Å². The van der Waals surface area contributed by atoms with Gasteiger partial charge in [0.1, 0.15) is 23.7 Å². The van der Waals surface area contributed by atoms with Crippen molar-refractivity contribution in [2.45, 2.75) is 32.5 Å². The Balaban J connectivity index is 0.000000360. The average molecular weight is 451 g/mol. The Kier molecular flexibility index (Phi) is 7.24. The van der Waals surface area contributed by atoms with Crippen molar-refractivity contribution < 1.29 is 31.9 Å². The molecule has 170 valence electrons. The Morgan fingerprint density at radius 2 is 1.75 bits per heavy atom. The van der Waals surface area contributed by atoms with Crippen molar-refractivity contribution >= 4 is 5.97 Å². The van der Waals surface area contributed by atoms with Crippen molar-refractivity contribution in [2.24, 2.45) is 0 Å². The molecule has 32 heavy (non-hydrogen) atoms. The van der Waals surface area contributed by atoms with E-state index in [-0.39, 0.29) is 5.82 Å². The molecule has 0 fully saturated rings. The molecule has 0 saturated heterocycles. The van der Waals surface area contributed by atoms with E-state index in [4.69, 9.17) is 14.3 Å². The third-order valence-corrected chi connectivity index (χ3v) is 4.91. The number of aromatic nitrogens is 2. The van der Waals surface area contributed by atoms with Gasteiger partial charge in [0, 0.05) is 36.3 Å². The second-order valence-electron chi connectivity index (χ2n) is 7.25. The molecule has 4 rings (SSSR count). The molecule has 1 aromatic carbocycles. The van der Waals surface area contributed by atoms with Crippen LogP contribution in [0.2, 0.25) is 0 Å². The van der Waals surface area contributed by atoms with E-state index in [9.17, 15) is 17.6 Å². The van der Waals surface area contributed by atoms with Gasteiger partial charge in [-0.25, -0.2) is 19.2 Å². The Morgan fingerprint density at radius 1 is 1.09 bits per heavy atom. The van der Waals surface area contributed by atoms with E-state index in [1.54, 1.807) is 18.5 Å². The second-order valence-corrected chi connectivity index (χ2v) is 7.25. The zero-order valence-electron chi connectivity index (χ0n) is 17.2. The van der Waals surface area contributed by atoms with Gasteiger partial charge in [0.25, 0.3) is 0 Å². The molecular formula is C22H21F4N3O3. The minimum absolute atomic E-state index is 0.233. The molecule has 0 bridgehead atoms. The topological polar surface area (TPSA) is 79.5 Å². The summed E-state index contributed by atoms with van der Waals surface area (Å²) in [6, 6.07) is 10.6. The van der Waals surface area contributed by atoms with Crippen LogP contribution in [0, 0.1) is 12.7 Å². The van der Waals surface area contributed by atoms with Crippen molar-refractivity contribution in [3.05, 3.63) is 71.3 Å². The molecule has 1 aliphatic heterocycles. The Labute approximate surface area is 181 Å². The maximum Gasteiger partial charge on any atom is 0.490 e. The molecule has 1 N–H and O–H groups in total. The van der Waals surface area contributed by atoms with Crippen molar-refractivity contribution in [1.29, 1.82) is 0 Å². The standard InChI is InChI=1S/C20H20FN3O.C2HF3O2/c1-14-2-7-17(25-14)12-24-10-8-18-19(9-11-24)22-13-23-20(18)15-3-5-16(21)6-4-15;3-2(4,5)1(6)7/h2-7,13H,8-12H2,1H3;(H,6,7). The second kappa shape index (κ2) is 9.90. The van der Waals surface area contributed by atoms with Gasteiger partial charge in [0.2, 0.25) is 0 Å². The molecule has 0 spiro atoms. The van der Waals surface area contributed by atoms with E-state index in [2.05, 4.69) is 14.9 Å². The Bertz CT molecular complexity index is 1070. The summed E-state index contributed by atoms with van der Waals surface area (Å²) in [5.41, 5.74) is 4.12. The van der Waals surface area contributed by atoms with Crippen molar-refractivity contribution in [1.82, 2.24) is 14.9 Å². The number of nitrogens with zero attached hydrogens (tertiary/aromatic N) is 3. The van der Waals surface area contributed by atoms with Crippen LogP contribution in [0.3, 0.4) is 0 Å². The lowest BCUT2D eigenvalue weighted by Gasteiger charge is -2.17. The van der Waals surface area contributed by atoms with Gasteiger partial charge < -0.3 is 9.52 Å². The lowest BCUT2D eigenvalue weighted by molar-refractivity contribution is -0.192. The summed E-state index contributed by atoms with van der Waals surface area (Å²) in [5.74, 6) is -1.05. The number of halogens is 4. The number of alkyl halides is 3. The van der Waals surface area contributed by atoms with E-state index in [1.807, 2.05) is 19.1 Å². The van der Waals surface area contributed by atoms with Crippen LogP contribution in [0.5, 0.6) is 0 Å². The summed E-state index contributed by atoms with van der Waals surface area (Å²) in [6.07, 6.45) is -1.71. The van der Waals surface area contributed by atoms with Crippen LogP contribution >= 0.6 is 0 Å². The molecule has 10 heteroatoms. The summed E-state index contributed by atoms with van der Waals surface area (Å²) in [7, 11) is 0. The molecule has 0 amide bonds. The lowest BCUT2D eigenvalue weighted by atomic mass is 10.0. The third-order valence-electron chi connectivity index (χ3n) is 4.91. The molecule has 1 aliphatic rings. The number of hydrogen-bond donors (Lipinski definition) is 1. The van der Waals surface area contributed by atoms with Crippen LogP contribution in [-0.4, -0.2) is 45.2 Å². The number of aryl methyl sites for hydroxylation is 1. The number of carboxylic acids is 1. The molecule has 0 saturated carbocycles. The van der Waals surface area contributed by atoms with Crippen LogP contribution in [0.25, 0.3) is 11.3 Å². The van der Waals surface area contributed by atoms with Crippen molar-refractivity contribution in [3.63, 3.8) is 0 Å². The highest BCUT2D eigenvalue weighted by Crippen LogP contribution is 2.26. The third kappa shape index (κ3) is 6.13. The number of carboxylic acid groups (broad SMARTS) is 1. The largest absolute Gasteiger partial charge is 0.490 e. The summed E-state index contributed by atoms with van der Waals surface area (Å²) in [5, 5.41) is 7.12. The highest BCUT2D eigenvalue weighted by Gasteiger charge is 2.38. The first-order valence-corrected chi connectivity index (χ1v) is 9.80. The number of hydrogen-bond acceptors (Lipinski definition) is 5. The van der Waals surface area contributed by atoms with Crippen LogP contribution in [-0.2, 0) is 24.2 Å². The SMILES string of the molecule is Cc1ccc(CN2CCc3ncnc(-c4ccc(F)cc4)c3CC2)o1.O=C(O)C(F)(F)F. The highest BCUT2D eigenvalue weighted by molar-refractivity contribution is 5.73. The zero-order chi connectivity index (χ0) is 23.3. The molecule has 2 aromatic heterocycles. The van der Waals surface area contributed by atoms with Crippen LogP contribution < -0.4 is 0 Å². The maximum absolute atomic E-state index is 13.2. The molecule has 0 atom stereocenters. The fourth-order valence-electron chi connectivity index (χ4n) is 3.38. The number of rotatable bonds is 3. The molecule has 0 unspecified atom stereocenters. The molecule has 3 heterocycles.